The van der Waals surface area contributed by atoms with E-state index in [9.17, 15) is 14.9 Å². The number of hydrogen-bond acceptors (Lipinski definition) is 5. The normalized spacial score (nSPS) is 14.4. The van der Waals surface area contributed by atoms with Crippen molar-refractivity contribution < 1.29 is 14.3 Å². The fourth-order valence-electron chi connectivity index (χ4n) is 2.96. The van der Waals surface area contributed by atoms with Gasteiger partial charge in [-0.1, -0.05) is 36.0 Å². The first-order valence-corrected chi connectivity index (χ1v) is 9.67. The molecule has 0 bridgehead atoms. The van der Waals surface area contributed by atoms with Crippen LogP contribution in [-0.2, 0) is 9.53 Å². The first kappa shape index (κ1) is 19.0. The number of rotatable bonds is 5. The number of nitriles is 1. The van der Waals surface area contributed by atoms with Gasteiger partial charge >= 0.3 is 5.97 Å². The van der Waals surface area contributed by atoms with Crippen molar-refractivity contribution in [3.8, 4) is 6.07 Å². The minimum Gasteiger partial charge on any atom is -0.449 e. The van der Waals surface area contributed by atoms with Gasteiger partial charge in [-0.15, -0.1) is 0 Å². The summed E-state index contributed by atoms with van der Waals surface area (Å²) < 4.78 is 5.44. The molecular weight excluding hydrogens is 360 g/mol. The maximum absolute atomic E-state index is 12.7. The first-order chi connectivity index (χ1) is 13.1. The predicted octanol–water partition coefficient (Wildman–Crippen LogP) is 3.88. The van der Waals surface area contributed by atoms with E-state index >= 15 is 0 Å². The molecule has 2 aromatic carbocycles. The molecule has 27 heavy (non-hydrogen) atoms. The van der Waals surface area contributed by atoms with E-state index in [1.54, 1.807) is 36.1 Å². The van der Waals surface area contributed by atoms with Crippen LogP contribution in [0, 0.1) is 11.3 Å². The van der Waals surface area contributed by atoms with E-state index in [2.05, 4.69) is 6.07 Å². The maximum Gasteiger partial charge on any atom is 0.340 e. The molecule has 0 N–H and O–H groups in total. The summed E-state index contributed by atoms with van der Waals surface area (Å²) >= 11 is 1.34. The largest absolute Gasteiger partial charge is 0.449 e. The molecule has 0 spiro atoms. The molecule has 5 nitrogen and oxygen atoms in total. The second-order valence-corrected chi connectivity index (χ2v) is 7.37. The third-order valence-electron chi connectivity index (χ3n) is 4.38. The van der Waals surface area contributed by atoms with Crippen molar-refractivity contribution in [2.75, 3.05) is 13.1 Å². The van der Waals surface area contributed by atoms with Gasteiger partial charge in [0.2, 0.25) is 0 Å². The average molecular weight is 380 g/mol. The SMILES string of the molecule is C[C@H](OC(=O)c1ccccc1Sc1ccccc1C#N)C(=O)N1CCCC1. The first-order valence-electron chi connectivity index (χ1n) is 8.86. The molecule has 6 heteroatoms. The molecule has 0 aromatic heterocycles. The molecule has 1 atom stereocenters. The van der Waals surface area contributed by atoms with E-state index in [1.807, 2.05) is 24.3 Å². The van der Waals surface area contributed by atoms with Crippen LogP contribution in [0.1, 0.15) is 35.7 Å². The van der Waals surface area contributed by atoms with Crippen LogP contribution in [0.4, 0.5) is 0 Å². The minimum absolute atomic E-state index is 0.152. The fourth-order valence-corrected chi connectivity index (χ4v) is 3.97. The van der Waals surface area contributed by atoms with Crippen molar-refractivity contribution in [2.45, 2.75) is 35.7 Å². The molecule has 2 aromatic rings. The van der Waals surface area contributed by atoms with Crippen LogP contribution in [0.25, 0.3) is 0 Å². The molecule has 1 aliphatic heterocycles. The standard InChI is InChI=1S/C21H20N2O3S/c1-15(20(24)23-12-6-7-13-23)26-21(25)17-9-3-5-11-19(17)27-18-10-4-2-8-16(18)14-22/h2-5,8-11,15H,6-7,12-13H2,1H3/t15-/m0/s1. The van der Waals surface area contributed by atoms with Gasteiger partial charge in [-0.25, -0.2) is 4.79 Å². The molecule has 0 unspecified atom stereocenters. The monoisotopic (exact) mass is 380 g/mol. The van der Waals surface area contributed by atoms with Crippen molar-refractivity contribution in [2.24, 2.45) is 0 Å². The lowest BCUT2D eigenvalue weighted by Gasteiger charge is -2.20. The fraction of sp³-hybridized carbons (Fsp3) is 0.286. The Morgan fingerprint density at radius 2 is 1.70 bits per heavy atom. The average Bonchev–Trinajstić information content (AvgIpc) is 3.23. The van der Waals surface area contributed by atoms with Gasteiger partial charge in [0.05, 0.1) is 11.1 Å². The summed E-state index contributed by atoms with van der Waals surface area (Å²) in [5, 5.41) is 9.26. The lowest BCUT2D eigenvalue weighted by atomic mass is 10.2. The molecule has 0 saturated carbocycles. The van der Waals surface area contributed by atoms with Gasteiger partial charge in [-0.05, 0) is 44.0 Å². The summed E-state index contributed by atoms with van der Waals surface area (Å²) in [5.74, 6) is -0.687. The molecule has 0 radical (unpaired) electrons. The Morgan fingerprint density at radius 3 is 2.41 bits per heavy atom. The highest BCUT2D eigenvalue weighted by Gasteiger charge is 2.27. The number of ether oxygens (including phenoxy) is 1. The highest BCUT2D eigenvalue weighted by atomic mass is 32.2. The number of benzene rings is 2. The number of nitrogens with zero attached hydrogens (tertiary/aromatic N) is 2. The number of esters is 1. The molecule has 1 heterocycles. The molecular formula is C21H20N2O3S. The summed E-state index contributed by atoms with van der Waals surface area (Å²) in [5.41, 5.74) is 0.930. The Hall–Kier alpha value is -2.78. The van der Waals surface area contributed by atoms with Crippen LogP contribution in [0.5, 0.6) is 0 Å². The summed E-state index contributed by atoms with van der Waals surface area (Å²) in [6, 6.07) is 16.4. The lowest BCUT2D eigenvalue weighted by molar-refractivity contribution is -0.138. The third-order valence-corrected chi connectivity index (χ3v) is 5.54. The van der Waals surface area contributed by atoms with Gasteiger partial charge in [0.25, 0.3) is 5.91 Å². The topological polar surface area (TPSA) is 70.4 Å². The molecule has 138 valence electrons. The van der Waals surface area contributed by atoms with Gasteiger partial charge in [0.1, 0.15) is 6.07 Å². The van der Waals surface area contributed by atoms with E-state index in [4.69, 9.17) is 4.74 Å². The lowest BCUT2D eigenvalue weighted by Crippen LogP contribution is -2.38. The molecule has 1 fully saturated rings. The summed E-state index contributed by atoms with van der Waals surface area (Å²) in [4.78, 5) is 28.2. The number of amides is 1. The Morgan fingerprint density at radius 1 is 1.07 bits per heavy atom. The van der Waals surface area contributed by atoms with Crippen molar-refractivity contribution in [1.29, 1.82) is 5.26 Å². The van der Waals surface area contributed by atoms with Gasteiger partial charge in [-0.3, -0.25) is 4.79 Å². The minimum atomic E-state index is -0.819. The van der Waals surface area contributed by atoms with Crippen molar-refractivity contribution in [3.05, 3.63) is 59.7 Å². The Kier molecular flexibility index (Phi) is 6.15. The highest BCUT2D eigenvalue weighted by Crippen LogP contribution is 2.33. The van der Waals surface area contributed by atoms with Gasteiger partial charge in [0.15, 0.2) is 6.10 Å². The zero-order valence-electron chi connectivity index (χ0n) is 15.1. The third kappa shape index (κ3) is 4.50. The van der Waals surface area contributed by atoms with Crippen LogP contribution in [0.2, 0.25) is 0 Å². The van der Waals surface area contributed by atoms with Crippen LogP contribution in [-0.4, -0.2) is 36.0 Å². The predicted molar refractivity (Wildman–Crippen MR) is 102 cm³/mol. The van der Waals surface area contributed by atoms with E-state index in [1.165, 1.54) is 11.8 Å². The van der Waals surface area contributed by atoms with Crippen molar-refractivity contribution in [1.82, 2.24) is 4.90 Å². The van der Waals surface area contributed by atoms with Gasteiger partial charge in [0, 0.05) is 22.9 Å². The van der Waals surface area contributed by atoms with Gasteiger partial charge < -0.3 is 9.64 Å². The number of hydrogen-bond donors (Lipinski definition) is 0. The van der Waals surface area contributed by atoms with Crippen molar-refractivity contribution >= 4 is 23.6 Å². The van der Waals surface area contributed by atoms with E-state index < -0.39 is 12.1 Å². The maximum atomic E-state index is 12.7. The number of likely N-dealkylation sites (tertiary alicyclic amines) is 1. The second kappa shape index (κ2) is 8.74. The summed E-state index contributed by atoms with van der Waals surface area (Å²) in [6.45, 7) is 3.05. The zero-order chi connectivity index (χ0) is 19.2. The van der Waals surface area contributed by atoms with Gasteiger partial charge in [-0.2, -0.15) is 5.26 Å². The Bertz CT molecular complexity index is 885. The van der Waals surface area contributed by atoms with Crippen LogP contribution >= 0.6 is 11.8 Å². The molecule has 0 aliphatic carbocycles. The van der Waals surface area contributed by atoms with Crippen LogP contribution in [0.15, 0.2) is 58.3 Å². The van der Waals surface area contributed by atoms with E-state index in [-0.39, 0.29) is 5.91 Å². The van der Waals surface area contributed by atoms with E-state index in [0.29, 0.717) is 16.0 Å². The molecule has 1 amide bonds. The zero-order valence-corrected chi connectivity index (χ0v) is 15.9. The number of carbonyl (C=O) groups is 2. The quantitative estimate of drug-likeness (QED) is 0.736. The molecule has 3 rings (SSSR count). The Labute approximate surface area is 162 Å². The summed E-state index contributed by atoms with van der Waals surface area (Å²) in [6.07, 6.45) is 1.16. The molecule has 1 aliphatic rings. The van der Waals surface area contributed by atoms with Crippen LogP contribution < -0.4 is 0 Å². The van der Waals surface area contributed by atoms with Crippen LogP contribution in [0.3, 0.4) is 0 Å². The smallest absolute Gasteiger partial charge is 0.340 e. The number of carbonyl (C=O) groups excluding carboxylic acids is 2. The second-order valence-electron chi connectivity index (χ2n) is 6.29. The Balaban J connectivity index is 1.76. The molecule has 1 saturated heterocycles. The van der Waals surface area contributed by atoms with Crippen molar-refractivity contribution in [3.63, 3.8) is 0 Å². The summed E-state index contributed by atoms with van der Waals surface area (Å²) in [7, 11) is 0. The highest BCUT2D eigenvalue weighted by molar-refractivity contribution is 7.99. The van der Waals surface area contributed by atoms with E-state index in [0.717, 1.165) is 30.8 Å².